The molecule has 1 aromatic heterocycles. The molecule has 7 aromatic rings. The Labute approximate surface area is 370 Å². The molecule has 12 nitrogen and oxygen atoms in total. The largest absolute Gasteiger partial charge is 0.478 e. The fourth-order valence-corrected chi connectivity index (χ4v) is 11.5. The van der Waals surface area contributed by atoms with Gasteiger partial charge in [0.05, 0.1) is 25.8 Å². The van der Waals surface area contributed by atoms with Gasteiger partial charge in [-0.3, -0.25) is 9.44 Å². The lowest BCUT2D eigenvalue weighted by Gasteiger charge is -2.10. The van der Waals surface area contributed by atoms with Gasteiger partial charge in [0.15, 0.2) is 0 Å². The minimum absolute atomic E-state index is 0.0774. The Kier molecular flexibility index (Phi) is 14.6. The van der Waals surface area contributed by atoms with E-state index >= 15 is 0 Å². The maximum Gasteiger partial charge on any atom is 0.335 e. The molecule has 0 saturated heterocycles. The number of hydrogen-bond donors (Lipinski definition) is 4. The Hall–Kier alpha value is -6.59. The zero-order valence-electron chi connectivity index (χ0n) is 33.7. The molecule has 0 radical (unpaired) electrons. The lowest BCUT2D eigenvalue weighted by molar-refractivity contribution is 0.0686. The van der Waals surface area contributed by atoms with Crippen molar-refractivity contribution in [2.24, 2.45) is 0 Å². The highest BCUT2D eigenvalue weighted by molar-refractivity contribution is 7.95. The summed E-state index contributed by atoms with van der Waals surface area (Å²) in [7, 11) is -11.5. The van der Waals surface area contributed by atoms with Crippen LogP contribution in [0, 0.1) is 6.92 Å². The van der Waals surface area contributed by atoms with Crippen molar-refractivity contribution in [1.82, 2.24) is 0 Å². The number of carboxylic acid groups (broad SMARTS) is 2. The number of aromatic carboxylic acids is 2. The molecule has 324 valence electrons. The quantitative estimate of drug-likeness (QED) is 0.0724. The summed E-state index contributed by atoms with van der Waals surface area (Å²) in [6.07, 6.45) is 2.50. The number of thiophene rings is 1. The first kappa shape index (κ1) is 45.9. The topological polar surface area (TPSA) is 201 Å². The molecule has 1 heterocycles. The molecular formula is C47H42N2O10S4. The summed E-state index contributed by atoms with van der Waals surface area (Å²) in [5.74, 6) is -1.94. The van der Waals surface area contributed by atoms with Crippen LogP contribution in [0.15, 0.2) is 182 Å². The number of nitrogens with one attached hydrogen (secondary N) is 2. The molecule has 4 N–H and O–H groups in total. The number of anilines is 2. The third kappa shape index (κ3) is 12.5. The van der Waals surface area contributed by atoms with Gasteiger partial charge in [0.2, 0.25) is 9.84 Å². The van der Waals surface area contributed by atoms with Crippen molar-refractivity contribution in [1.29, 1.82) is 0 Å². The Morgan fingerprint density at radius 1 is 0.476 bits per heavy atom. The van der Waals surface area contributed by atoms with Crippen molar-refractivity contribution < 1.29 is 45.1 Å². The van der Waals surface area contributed by atoms with Crippen LogP contribution in [-0.2, 0) is 55.6 Å². The first-order valence-corrected chi connectivity index (χ1v) is 24.6. The van der Waals surface area contributed by atoms with Crippen molar-refractivity contribution in [3.63, 3.8) is 0 Å². The molecule has 0 atom stereocenters. The Bertz CT molecular complexity index is 3100. The van der Waals surface area contributed by atoms with E-state index in [1.54, 1.807) is 103 Å². The number of sulfonamides is 2. The lowest BCUT2D eigenvalue weighted by Crippen LogP contribution is -2.13. The molecule has 0 aliphatic carbocycles. The fourth-order valence-electron chi connectivity index (χ4n) is 6.40. The highest BCUT2D eigenvalue weighted by atomic mass is 32.2. The van der Waals surface area contributed by atoms with Crippen LogP contribution in [0.5, 0.6) is 0 Å². The molecular weight excluding hydrogens is 881 g/mol. The summed E-state index contributed by atoms with van der Waals surface area (Å²) >= 11 is 0.835. The van der Waals surface area contributed by atoms with Gasteiger partial charge >= 0.3 is 11.9 Å². The zero-order valence-corrected chi connectivity index (χ0v) is 37.0. The van der Waals surface area contributed by atoms with Gasteiger partial charge in [0.25, 0.3) is 20.0 Å². The smallest absolute Gasteiger partial charge is 0.335 e. The minimum atomic E-state index is -4.00. The molecule has 0 saturated carbocycles. The zero-order chi connectivity index (χ0) is 45.2. The number of hydrogen-bond acceptors (Lipinski definition) is 9. The first-order chi connectivity index (χ1) is 30.0. The predicted octanol–water partition coefficient (Wildman–Crippen LogP) is 9.14. The molecule has 16 heteroatoms. The molecule has 0 spiro atoms. The maximum absolute atomic E-state index is 12.9. The van der Waals surface area contributed by atoms with E-state index in [9.17, 15) is 34.8 Å². The number of sulfone groups is 1. The van der Waals surface area contributed by atoms with Crippen molar-refractivity contribution >= 4 is 64.5 Å². The van der Waals surface area contributed by atoms with Crippen LogP contribution in [0.3, 0.4) is 0 Å². The molecule has 0 unspecified atom stereocenters. The summed E-state index contributed by atoms with van der Waals surface area (Å²) in [6.45, 7) is 1.85. The summed E-state index contributed by atoms with van der Waals surface area (Å²) in [5, 5.41) is 19.5. The molecule has 0 bridgehead atoms. The fraction of sp³-hybridized carbons (Fsp3) is 0.106. The molecule has 0 aliphatic heterocycles. The van der Waals surface area contributed by atoms with E-state index < -0.39 is 41.8 Å². The van der Waals surface area contributed by atoms with Crippen molar-refractivity contribution in [3.05, 3.63) is 202 Å². The van der Waals surface area contributed by atoms with E-state index in [2.05, 4.69) is 9.44 Å². The highest BCUT2D eigenvalue weighted by Gasteiger charge is 2.24. The predicted molar refractivity (Wildman–Crippen MR) is 244 cm³/mol. The molecule has 63 heavy (non-hydrogen) atoms. The monoisotopic (exact) mass is 922 g/mol. The third-order valence-corrected chi connectivity index (χ3v) is 15.7. The Morgan fingerprint density at radius 2 is 0.921 bits per heavy atom. The Balaban J connectivity index is 0.000000215. The molecule has 0 aliphatic rings. The molecule has 0 fully saturated rings. The van der Waals surface area contributed by atoms with E-state index in [-0.39, 0.29) is 30.0 Å². The van der Waals surface area contributed by atoms with Crippen LogP contribution < -0.4 is 9.44 Å². The summed E-state index contributed by atoms with van der Waals surface area (Å²) in [6, 6.07) is 43.4. The third-order valence-electron chi connectivity index (χ3n) is 9.59. The summed E-state index contributed by atoms with van der Waals surface area (Å²) in [5.41, 5.74) is 5.81. The highest BCUT2D eigenvalue weighted by Crippen LogP contribution is 2.30. The second-order valence-corrected chi connectivity index (χ2v) is 20.8. The van der Waals surface area contributed by atoms with Crippen molar-refractivity contribution in [2.75, 3.05) is 9.44 Å². The van der Waals surface area contributed by atoms with Gasteiger partial charge in [-0.25, -0.2) is 34.8 Å². The second-order valence-electron chi connectivity index (χ2n) is 14.4. The summed E-state index contributed by atoms with van der Waals surface area (Å²) < 4.78 is 81.6. The van der Waals surface area contributed by atoms with E-state index in [1.807, 2.05) is 37.3 Å². The normalized spacial score (nSPS) is 11.5. The number of carboxylic acids is 2. The average Bonchev–Trinajstić information content (AvgIpc) is 3.79. The number of aryl methyl sites for hydroxylation is 5. The standard InChI is InChI=1S/C25H21NO6S3.C22H21NO4S/c27-25(28)20-8-4-6-18(14-20)12-13-19-7-5-9-21(15-19)26-35(31,32)24-16-23(17-33-24)34(29,30)22-10-2-1-3-11-22;1-16-5-2-10-21(13-16)28(26,27)23-20-9-4-7-18(15-20)12-11-17-6-3-8-19(14-17)22(24)25/h1-11,14-17,26H,12-13H2,(H,27,28);2-10,13-15,23H,11-12H2,1H3,(H,24,25). The van der Waals surface area contributed by atoms with Crippen LogP contribution in [-0.4, -0.2) is 47.4 Å². The van der Waals surface area contributed by atoms with Crippen molar-refractivity contribution in [3.8, 4) is 0 Å². The van der Waals surface area contributed by atoms with Gasteiger partial charge in [-0.2, -0.15) is 0 Å². The van der Waals surface area contributed by atoms with Gasteiger partial charge in [0, 0.05) is 16.8 Å². The molecule has 7 rings (SSSR count). The van der Waals surface area contributed by atoms with Crippen LogP contribution in [0.4, 0.5) is 11.4 Å². The van der Waals surface area contributed by atoms with Gasteiger partial charge in [-0.05, 0) is 139 Å². The first-order valence-electron chi connectivity index (χ1n) is 19.3. The average molecular weight is 923 g/mol. The number of carbonyl (C=O) groups is 2. The van der Waals surface area contributed by atoms with E-state index in [0.29, 0.717) is 37.1 Å². The van der Waals surface area contributed by atoms with Crippen LogP contribution in [0.25, 0.3) is 0 Å². The number of benzene rings is 6. The Morgan fingerprint density at radius 3 is 1.41 bits per heavy atom. The van der Waals surface area contributed by atoms with E-state index in [1.165, 1.54) is 23.6 Å². The minimum Gasteiger partial charge on any atom is -0.478 e. The van der Waals surface area contributed by atoms with Gasteiger partial charge in [0.1, 0.15) is 4.21 Å². The maximum atomic E-state index is 12.9. The number of rotatable bonds is 16. The van der Waals surface area contributed by atoms with Crippen LogP contribution in [0.2, 0.25) is 0 Å². The van der Waals surface area contributed by atoms with Gasteiger partial charge in [-0.1, -0.05) is 78.9 Å². The van der Waals surface area contributed by atoms with Crippen molar-refractivity contribution in [2.45, 2.75) is 51.5 Å². The van der Waals surface area contributed by atoms with Gasteiger partial charge in [-0.15, -0.1) is 11.3 Å². The van der Waals surface area contributed by atoms with E-state index in [0.717, 1.165) is 45.2 Å². The lowest BCUT2D eigenvalue weighted by atomic mass is 10.0. The van der Waals surface area contributed by atoms with Gasteiger partial charge < -0.3 is 10.2 Å². The van der Waals surface area contributed by atoms with Crippen LogP contribution in [0.1, 0.15) is 48.5 Å². The van der Waals surface area contributed by atoms with Crippen LogP contribution >= 0.6 is 11.3 Å². The summed E-state index contributed by atoms with van der Waals surface area (Å²) in [4.78, 5) is 22.5. The molecule has 0 amide bonds. The second kappa shape index (κ2) is 20.1. The van der Waals surface area contributed by atoms with E-state index in [4.69, 9.17) is 10.2 Å². The molecule has 6 aromatic carbocycles. The SMILES string of the molecule is Cc1cccc(S(=O)(=O)Nc2cccc(CCc3cccc(C(=O)O)c3)c2)c1.O=C(O)c1cccc(CCc2cccc(NS(=O)(=O)c3cc(S(=O)(=O)c4ccccc4)cs3)c2)c1.